The fourth-order valence-electron chi connectivity index (χ4n) is 1.64. The van der Waals surface area contributed by atoms with Gasteiger partial charge in [0, 0.05) is 0 Å². The summed E-state index contributed by atoms with van der Waals surface area (Å²) in [6, 6.07) is 2.14. The van der Waals surface area contributed by atoms with E-state index >= 15 is 0 Å². The molecule has 2 atom stereocenters. The molecule has 19 heavy (non-hydrogen) atoms. The van der Waals surface area contributed by atoms with Crippen molar-refractivity contribution in [3.8, 4) is 0 Å². The number of ketones is 1. The van der Waals surface area contributed by atoms with Gasteiger partial charge in [0.05, 0.1) is 20.5 Å². The Balaban J connectivity index is 3.09. The lowest BCUT2D eigenvalue weighted by Gasteiger charge is -2.21. The highest BCUT2D eigenvalue weighted by atomic mass is 16.5. The highest BCUT2D eigenvalue weighted by Crippen LogP contribution is 2.25. The number of methoxy groups -OCH3 is 2. The van der Waals surface area contributed by atoms with Crippen molar-refractivity contribution >= 4 is 17.8 Å². The van der Waals surface area contributed by atoms with Gasteiger partial charge in [0.25, 0.3) is 0 Å². The van der Waals surface area contributed by atoms with Crippen molar-refractivity contribution in [3.63, 3.8) is 0 Å². The van der Waals surface area contributed by atoms with Crippen LogP contribution in [-0.2, 0) is 19.1 Å². The molecule has 1 amide bonds. The molecular weight excluding hydrogens is 254 g/mol. The third kappa shape index (κ3) is 3.57. The molecule has 1 aromatic rings. The third-order valence-corrected chi connectivity index (χ3v) is 2.53. The van der Waals surface area contributed by atoms with Gasteiger partial charge in [-0.2, -0.15) is 0 Å². The third-order valence-electron chi connectivity index (χ3n) is 2.53. The van der Waals surface area contributed by atoms with Crippen LogP contribution in [0.15, 0.2) is 22.8 Å². The van der Waals surface area contributed by atoms with Crippen molar-refractivity contribution in [2.75, 3.05) is 14.2 Å². The summed E-state index contributed by atoms with van der Waals surface area (Å²) in [7, 11) is 2.34. The molecule has 0 aromatic carbocycles. The van der Waals surface area contributed by atoms with E-state index in [-0.39, 0.29) is 5.76 Å². The van der Waals surface area contributed by atoms with E-state index in [2.05, 4.69) is 14.8 Å². The van der Waals surface area contributed by atoms with E-state index in [4.69, 9.17) is 4.42 Å². The molecule has 0 bridgehead atoms. The topological polar surface area (TPSA) is 94.8 Å². The lowest BCUT2D eigenvalue weighted by molar-refractivity contribution is -0.150. The van der Waals surface area contributed by atoms with E-state index < -0.39 is 29.8 Å². The summed E-state index contributed by atoms with van der Waals surface area (Å²) in [5, 5.41) is 2.39. The molecule has 0 aliphatic heterocycles. The van der Waals surface area contributed by atoms with E-state index in [1.165, 1.54) is 20.3 Å². The van der Waals surface area contributed by atoms with E-state index in [0.29, 0.717) is 0 Å². The highest BCUT2D eigenvalue weighted by Gasteiger charge is 2.37. The summed E-state index contributed by atoms with van der Waals surface area (Å²) < 4.78 is 14.2. The van der Waals surface area contributed by atoms with Gasteiger partial charge >= 0.3 is 12.1 Å². The SMILES string of the molecule is COC(=O)NC(c1ccco1)C(C(C)=O)C(=O)OC. The Morgan fingerprint density at radius 2 is 1.95 bits per heavy atom. The minimum absolute atomic E-state index is 0.260. The molecule has 0 saturated heterocycles. The molecule has 7 nitrogen and oxygen atoms in total. The van der Waals surface area contributed by atoms with Crippen LogP contribution >= 0.6 is 0 Å². The van der Waals surface area contributed by atoms with Crippen LogP contribution in [-0.4, -0.2) is 32.1 Å². The number of rotatable bonds is 5. The minimum Gasteiger partial charge on any atom is -0.468 e. The van der Waals surface area contributed by atoms with Crippen LogP contribution in [0.2, 0.25) is 0 Å². The lowest BCUT2D eigenvalue weighted by atomic mass is 9.94. The Kier molecular flexibility index (Phi) is 5.11. The number of Topliss-reactive ketones (excluding diaryl/α,β-unsaturated/α-hetero) is 1. The summed E-state index contributed by atoms with van der Waals surface area (Å²) in [5.41, 5.74) is 0. The Bertz CT molecular complexity index is 453. The lowest BCUT2D eigenvalue weighted by Crippen LogP contribution is -2.40. The van der Waals surface area contributed by atoms with Gasteiger partial charge in [-0.15, -0.1) is 0 Å². The van der Waals surface area contributed by atoms with E-state index in [1.54, 1.807) is 12.1 Å². The maximum atomic E-state index is 11.7. The zero-order valence-corrected chi connectivity index (χ0v) is 10.8. The van der Waals surface area contributed by atoms with Crippen LogP contribution in [0.1, 0.15) is 18.7 Å². The van der Waals surface area contributed by atoms with Crippen molar-refractivity contribution < 1.29 is 28.3 Å². The minimum atomic E-state index is -1.20. The Morgan fingerprint density at radius 3 is 2.37 bits per heavy atom. The van der Waals surface area contributed by atoms with Crippen LogP contribution in [0.5, 0.6) is 0 Å². The molecule has 7 heteroatoms. The number of furan rings is 1. The van der Waals surface area contributed by atoms with Crippen LogP contribution in [0.3, 0.4) is 0 Å². The summed E-state index contributed by atoms with van der Waals surface area (Å²) in [5.74, 6) is -2.15. The van der Waals surface area contributed by atoms with Crippen molar-refractivity contribution in [1.29, 1.82) is 0 Å². The number of esters is 1. The molecule has 2 unspecified atom stereocenters. The predicted molar refractivity (Wildman–Crippen MR) is 63.2 cm³/mol. The average Bonchev–Trinajstić information content (AvgIpc) is 2.90. The van der Waals surface area contributed by atoms with Gasteiger partial charge in [0.1, 0.15) is 23.5 Å². The number of hydrogen-bond acceptors (Lipinski definition) is 6. The molecule has 1 rings (SSSR count). The zero-order valence-electron chi connectivity index (χ0n) is 10.8. The number of carbonyl (C=O) groups is 3. The van der Waals surface area contributed by atoms with Gasteiger partial charge in [-0.25, -0.2) is 4.79 Å². The van der Waals surface area contributed by atoms with Crippen molar-refractivity contribution in [3.05, 3.63) is 24.2 Å². The molecule has 0 saturated carbocycles. The summed E-state index contributed by atoms with van der Waals surface area (Å²) in [6.07, 6.45) is 0.590. The number of amides is 1. The van der Waals surface area contributed by atoms with Gasteiger partial charge in [0.2, 0.25) is 0 Å². The molecule has 1 N–H and O–H groups in total. The summed E-state index contributed by atoms with van der Waals surface area (Å²) >= 11 is 0. The van der Waals surface area contributed by atoms with Crippen LogP contribution < -0.4 is 5.32 Å². The Labute approximate surface area is 109 Å². The van der Waals surface area contributed by atoms with Gasteiger partial charge in [-0.05, 0) is 19.1 Å². The second-order valence-corrected chi connectivity index (χ2v) is 3.74. The molecular formula is C12H15NO6. The first-order chi connectivity index (χ1) is 9.01. The fourth-order valence-corrected chi connectivity index (χ4v) is 1.64. The first kappa shape index (κ1) is 14.7. The zero-order chi connectivity index (χ0) is 14.4. The van der Waals surface area contributed by atoms with Crippen molar-refractivity contribution in [1.82, 2.24) is 5.32 Å². The molecule has 0 aliphatic carbocycles. The first-order valence-electron chi connectivity index (χ1n) is 5.47. The highest BCUT2D eigenvalue weighted by molar-refractivity contribution is 5.99. The van der Waals surface area contributed by atoms with Crippen molar-refractivity contribution in [2.24, 2.45) is 5.92 Å². The molecule has 1 heterocycles. The molecule has 0 spiro atoms. The molecule has 104 valence electrons. The van der Waals surface area contributed by atoms with Gasteiger partial charge in [-0.3, -0.25) is 9.59 Å². The van der Waals surface area contributed by atoms with Gasteiger partial charge in [0.15, 0.2) is 0 Å². The largest absolute Gasteiger partial charge is 0.468 e. The maximum absolute atomic E-state index is 11.7. The normalized spacial score (nSPS) is 13.2. The summed E-state index contributed by atoms with van der Waals surface area (Å²) in [4.78, 5) is 34.6. The number of nitrogens with one attached hydrogen (secondary N) is 1. The fraction of sp³-hybridized carbons (Fsp3) is 0.417. The molecule has 0 radical (unpaired) electrons. The van der Waals surface area contributed by atoms with Gasteiger partial charge < -0.3 is 19.2 Å². The first-order valence-corrected chi connectivity index (χ1v) is 5.47. The predicted octanol–water partition coefficient (Wildman–Crippen LogP) is 1.05. The van der Waals surface area contributed by atoms with Crippen LogP contribution in [0.25, 0.3) is 0 Å². The van der Waals surface area contributed by atoms with E-state index in [1.807, 2.05) is 0 Å². The number of carbonyl (C=O) groups excluding carboxylic acids is 3. The standard InChI is InChI=1S/C12H15NO6/c1-7(14)9(11(15)17-2)10(13-12(16)18-3)8-5-4-6-19-8/h4-6,9-10H,1-3H3,(H,13,16). The molecule has 1 aromatic heterocycles. The van der Waals surface area contributed by atoms with Crippen LogP contribution in [0.4, 0.5) is 4.79 Å². The smallest absolute Gasteiger partial charge is 0.407 e. The van der Waals surface area contributed by atoms with Crippen molar-refractivity contribution in [2.45, 2.75) is 13.0 Å². The maximum Gasteiger partial charge on any atom is 0.407 e. The van der Waals surface area contributed by atoms with Gasteiger partial charge in [-0.1, -0.05) is 0 Å². The second-order valence-electron chi connectivity index (χ2n) is 3.74. The van der Waals surface area contributed by atoms with Crippen LogP contribution in [0, 0.1) is 5.92 Å². The number of ether oxygens (including phenoxy) is 2. The molecule has 0 fully saturated rings. The molecule has 0 aliphatic rings. The number of hydrogen-bond donors (Lipinski definition) is 1. The number of alkyl carbamates (subject to hydrolysis) is 1. The Hall–Kier alpha value is -2.31. The average molecular weight is 269 g/mol. The van der Waals surface area contributed by atoms with E-state index in [9.17, 15) is 14.4 Å². The monoisotopic (exact) mass is 269 g/mol. The Morgan fingerprint density at radius 1 is 1.26 bits per heavy atom. The quantitative estimate of drug-likeness (QED) is 0.634. The second kappa shape index (κ2) is 6.58. The summed E-state index contributed by atoms with van der Waals surface area (Å²) in [6.45, 7) is 1.23. The van der Waals surface area contributed by atoms with E-state index in [0.717, 1.165) is 7.11 Å².